The first kappa shape index (κ1) is 16.5. The lowest BCUT2D eigenvalue weighted by Crippen LogP contribution is -2.73. The first-order chi connectivity index (χ1) is 12.0. The van der Waals surface area contributed by atoms with E-state index in [9.17, 15) is 9.59 Å². The Morgan fingerprint density at radius 2 is 2.12 bits per heavy atom. The monoisotopic (exact) mass is 347 g/mol. The molecule has 1 atom stereocenters. The van der Waals surface area contributed by atoms with E-state index in [0.29, 0.717) is 37.9 Å². The molecular formula is C17H25N5O3. The molecule has 1 N–H and O–H groups in total. The van der Waals surface area contributed by atoms with Crippen LogP contribution in [0.15, 0.2) is 12.3 Å². The summed E-state index contributed by atoms with van der Waals surface area (Å²) in [5.74, 6) is 0.655. The van der Waals surface area contributed by atoms with Gasteiger partial charge in [-0.1, -0.05) is 0 Å². The summed E-state index contributed by atoms with van der Waals surface area (Å²) in [6.07, 6.45) is 4.26. The number of morpholine rings is 1. The third-order valence-corrected chi connectivity index (χ3v) is 5.40. The van der Waals surface area contributed by atoms with E-state index >= 15 is 0 Å². The predicted octanol–water partition coefficient (Wildman–Crippen LogP) is -0.528. The van der Waals surface area contributed by atoms with Gasteiger partial charge in [-0.15, -0.1) is 0 Å². The molecule has 8 nitrogen and oxygen atoms in total. The second kappa shape index (κ2) is 6.10. The number of nitrogens with zero attached hydrogens (tertiary/aromatic N) is 4. The molecule has 0 radical (unpaired) electrons. The number of nitrogens with one attached hydrogen (secondary N) is 1. The van der Waals surface area contributed by atoms with Crippen molar-refractivity contribution in [1.82, 2.24) is 24.9 Å². The SMILES string of the molecule is CNC(=O)C1COC2(CN(C(=O)c3ccn(C)n3)C2)CN1CC1CC1. The minimum Gasteiger partial charge on any atom is -0.368 e. The van der Waals surface area contributed by atoms with Crippen LogP contribution < -0.4 is 5.32 Å². The van der Waals surface area contributed by atoms with Crippen LogP contribution in [-0.2, 0) is 16.6 Å². The van der Waals surface area contributed by atoms with Gasteiger partial charge in [0.15, 0.2) is 0 Å². The Morgan fingerprint density at radius 1 is 1.36 bits per heavy atom. The lowest BCUT2D eigenvalue weighted by Gasteiger charge is -2.55. The van der Waals surface area contributed by atoms with Crippen LogP contribution >= 0.6 is 0 Å². The Labute approximate surface area is 147 Å². The van der Waals surface area contributed by atoms with E-state index in [1.54, 1.807) is 35.9 Å². The van der Waals surface area contributed by atoms with Gasteiger partial charge in [0.25, 0.3) is 5.91 Å². The number of likely N-dealkylation sites (N-methyl/N-ethyl adjacent to an activating group) is 1. The van der Waals surface area contributed by atoms with E-state index in [1.165, 1.54) is 12.8 Å². The van der Waals surface area contributed by atoms with Gasteiger partial charge in [-0.05, 0) is 24.8 Å². The fourth-order valence-electron chi connectivity index (χ4n) is 3.79. The fourth-order valence-corrected chi connectivity index (χ4v) is 3.79. The number of ether oxygens (including phenoxy) is 1. The summed E-state index contributed by atoms with van der Waals surface area (Å²) >= 11 is 0. The van der Waals surface area contributed by atoms with Crippen LogP contribution in [0.2, 0.25) is 0 Å². The molecule has 2 amide bonds. The van der Waals surface area contributed by atoms with E-state index in [1.807, 2.05) is 0 Å². The standard InChI is InChI=1S/C17H25N5O3/c1-18-15(23)14-8-25-17(9-21(14)7-12-3-4-12)10-22(11-17)16(24)13-5-6-20(2)19-13/h5-6,12,14H,3-4,7-11H2,1-2H3,(H,18,23). The number of carbonyl (C=O) groups is 2. The fraction of sp³-hybridized carbons (Fsp3) is 0.706. The Hall–Kier alpha value is -1.93. The normalized spacial score (nSPS) is 25.7. The van der Waals surface area contributed by atoms with Crippen LogP contribution in [0.3, 0.4) is 0 Å². The van der Waals surface area contributed by atoms with Gasteiger partial charge in [-0.25, -0.2) is 0 Å². The molecule has 2 aliphatic heterocycles. The summed E-state index contributed by atoms with van der Waals surface area (Å²) in [6.45, 7) is 3.15. The molecule has 1 aliphatic carbocycles. The average molecular weight is 347 g/mol. The molecule has 8 heteroatoms. The van der Waals surface area contributed by atoms with Crippen LogP contribution in [0.25, 0.3) is 0 Å². The van der Waals surface area contributed by atoms with E-state index in [0.717, 1.165) is 6.54 Å². The molecule has 25 heavy (non-hydrogen) atoms. The van der Waals surface area contributed by atoms with Crippen molar-refractivity contribution in [3.05, 3.63) is 18.0 Å². The summed E-state index contributed by atoms with van der Waals surface area (Å²) in [4.78, 5) is 28.6. The number of carbonyl (C=O) groups excluding carboxylic acids is 2. The molecule has 4 rings (SSSR count). The van der Waals surface area contributed by atoms with Gasteiger partial charge in [-0.3, -0.25) is 19.2 Å². The number of rotatable bonds is 4. The Bertz CT molecular complexity index is 678. The highest BCUT2D eigenvalue weighted by Gasteiger charge is 2.52. The van der Waals surface area contributed by atoms with Crippen LogP contribution in [0.1, 0.15) is 23.3 Å². The third kappa shape index (κ3) is 3.16. The van der Waals surface area contributed by atoms with Crippen molar-refractivity contribution in [1.29, 1.82) is 0 Å². The lowest BCUT2D eigenvalue weighted by molar-refractivity contribution is -0.191. The van der Waals surface area contributed by atoms with Gasteiger partial charge in [0.05, 0.1) is 19.7 Å². The maximum Gasteiger partial charge on any atom is 0.274 e. The predicted molar refractivity (Wildman–Crippen MR) is 89.9 cm³/mol. The molecule has 3 heterocycles. The van der Waals surface area contributed by atoms with Crippen molar-refractivity contribution in [2.75, 3.05) is 39.8 Å². The third-order valence-electron chi connectivity index (χ3n) is 5.40. The molecule has 1 unspecified atom stereocenters. The van der Waals surface area contributed by atoms with Gasteiger partial charge in [0, 0.05) is 33.4 Å². The second-order valence-corrected chi connectivity index (χ2v) is 7.53. The van der Waals surface area contributed by atoms with Crippen molar-refractivity contribution in [3.8, 4) is 0 Å². The molecule has 0 aromatic carbocycles. The highest BCUT2D eigenvalue weighted by Crippen LogP contribution is 2.36. The number of amides is 2. The lowest BCUT2D eigenvalue weighted by atomic mass is 9.89. The van der Waals surface area contributed by atoms with Crippen molar-refractivity contribution in [2.45, 2.75) is 24.5 Å². The molecule has 1 saturated carbocycles. The Morgan fingerprint density at radius 3 is 2.72 bits per heavy atom. The highest BCUT2D eigenvalue weighted by molar-refractivity contribution is 5.93. The smallest absolute Gasteiger partial charge is 0.274 e. The number of aryl methyl sites for hydroxylation is 1. The van der Waals surface area contributed by atoms with E-state index in [2.05, 4.69) is 15.3 Å². The minimum absolute atomic E-state index is 0.0104. The Balaban J connectivity index is 1.40. The Kier molecular flexibility index (Phi) is 4.04. The van der Waals surface area contributed by atoms with Gasteiger partial charge in [-0.2, -0.15) is 5.10 Å². The summed E-state index contributed by atoms with van der Waals surface area (Å²) in [6, 6.07) is 1.51. The van der Waals surface area contributed by atoms with Crippen LogP contribution in [0, 0.1) is 5.92 Å². The average Bonchev–Trinajstić information content (AvgIpc) is 3.28. The molecule has 1 aromatic rings. The maximum absolute atomic E-state index is 12.5. The molecule has 136 valence electrons. The maximum atomic E-state index is 12.5. The summed E-state index contributed by atoms with van der Waals surface area (Å²) in [7, 11) is 3.46. The number of aromatic nitrogens is 2. The summed E-state index contributed by atoms with van der Waals surface area (Å²) in [5, 5.41) is 6.91. The molecule has 0 bridgehead atoms. The molecular weight excluding hydrogens is 322 g/mol. The molecule has 1 aromatic heterocycles. The van der Waals surface area contributed by atoms with Crippen molar-refractivity contribution in [3.63, 3.8) is 0 Å². The largest absolute Gasteiger partial charge is 0.368 e. The summed E-state index contributed by atoms with van der Waals surface area (Å²) in [5.41, 5.74) is 0.121. The van der Waals surface area contributed by atoms with Crippen LogP contribution in [0.4, 0.5) is 0 Å². The molecule has 3 fully saturated rings. The minimum atomic E-state index is -0.343. The van der Waals surface area contributed by atoms with E-state index in [4.69, 9.17) is 4.74 Å². The van der Waals surface area contributed by atoms with Gasteiger partial charge < -0.3 is 15.0 Å². The van der Waals surface area contributed by atoms with Crippen molar-refractivity contribution >= 4 is 11.8 Å². The topological polar surface area (TPSA) is 79.7 Å². The van der Waals surface area contributed by atoms with Crippen LogP contribution in [-0.4, -0.2) is 82.9 Å². The van der Waals surface area contributed by atoms with Gasteiger partial charge >= 0.3 is 0 Å². The number of likely N-dealkylation sites (tertiary alicyclic amines) is 1. The van der Waals surface area contributed by atoms with E-state index in [-0.39, 0.29) is 23.5 Å². The zero-order valence-corrected chi connectivity index (χ0v) is 14.8. The van der Waals surface area contributed by atoms with Crippen molar-refractivity contribution < 1.29 is 14.3 Å². The number of hydrogen-bond acceptors (Lipinski definition) is 5. The zero-order chi connectivity index (χ0) is 17.6. The molecule has 3 aliphatic rings. The van der Waals surface area contributed by atoms with Gasteiger partial charge in [0.2, 0.25) is 5.91 Å². The quantitative estimate of drug-likeness (QED) is 0.792. The highest BCUT2D eigenvalue weighted by atomic mass is 16.5. The second-order valence-electron chi connectivity index (χ2n) is 7.53. The van der Waals surface area contributed by atoms with Crippen molar-refractivity contribution in [2.24, 2.45) is 13.0 Å². The first-order valence-electron chi connectivity index (χ1n) is 8.88. The van der Waals surface area contributed by atoms with E-state index < -0.39 is 0 Å². The first-order valence-corrected chi connectivity index (χ1v) is 8.88. The van der Waals surface area contributed by atoms with Crippen LogP contribution in [0.5, 0.6) is 0 Å². The zero-order valence-electron chi connectivity index (χ0n) is 14.8. The molecule has 2 saturated heterocycles. The van der Waals surface area contributed by atoms with Gasteiger partial charge in [0.1, 0.15) is 17.3 Å². The summed E-state index contributed by atoms with van der Waals surface area (Å²) < 4.78 is 7.70. The number of hydrogen-bond donors (Lipinski definition) is 1. The molecule has 1 spiro atoms.